The summed E-state index contributed by atoms with van der Waals surface area (Å²) in [5, 5.41) is 1.16. The molecule has 0 bridgehead atoms. The van der Waals surface area contributed by atoms with Crippen LogP contribution >= 0.6 is 0 Å². The SMILES string of the molecule is CCOc1ccccc1/C=C/c1ccc2ccccc2n1. The molecule has 3 aromatic rings. The second-order valence-corrected chi connectivity index (χ2v) is 4.73. The van der Waals surface area contributed by atoms with E-state index in [0.717, 1.165) is 27.9 Å². The standard InChI is InChI=1S/C19H17NO/c1-2-21-19-10-6-4-8-16(19)12-14-17-13-11-15-7-3-5-9-18(15)20-17/h3-14H,2H2,1H3/b14-12+. The van der Waals surface area contributed by atoms with Crippen molar-refractivity contribution in [1.82, 2.24) is 4.98 Å². The molecule has 0 saturated heterocycles. The van der Waals surface area contributed by atoms with Gasteiger partial charge in [0, 0.05) is 10.9 Å². The van der Waals surface area contributed by atoms with Gasteiger partial charge in [-0.25, -0.2) is 4.98 Å². The summed E-state index contributed by atoms with van der Waals surface area (Å²) >= 11 is 0. The molecule has 0 spiro atoms. The number of fused-ring (bicyclic) bond motifs is 1. The molecule has 0 amide bonds. The van der Waals surface area contributed by atoms with Gasteiger partial charge in [0.2, 0.25) is 0 Å². The first-order valence-corrected chi connectivity index (χ1v) is 7.12. The van der Waals surface area contributed by atoms with Crippen LogP contribution in [-0.2, 0) is 0 Å². The summed E-state index contributed by atoms with van der Waals surface area (Å²) in [7, 11) is 0. The largest absolute Gasteiger partial charge is 0.493 e. The van der Waals surface area contributed by atoms with E-state index in [4.69, 9.17) is 4.74 Å². The van der Waals surface area contributed by atoms with Gasteiger partial charge in [0.05, 0.1) is 17.8 Å². The van der Waals surface area contributed by atoms with E-state index in [2.05, 4.69) is 17.1 Å². The van der Waals surface area contributed by atoms with Crippen LogP contribution in [0.2, 0.25) is 0 Å². The fraction of sp³-hybridized carbons (Fsp3) is 0.105. The smallest absolute Gasteiger partial charge is 0.126 e. The van der Waals surface area contributed by atoms with Crippen molar-refractivity contribution in [3.63, 3.8) is 0 Å². The van der Waals surface area contributed by atoms with E-state index >= 15 is 0 Å². The quantitative estimate of drug-likeness (QED) is 0.682. The van der Waals surface area contributed by atoms with E-state index in [1.54, 1.807) is 0 Å². The number of pyridine rings is 1. The number of para-hydroxylation sites is 2. The molecule has 0 atom stereocenters. The second kappa shape index (κ2) is 6.23. The minimum Gasteiger partial charge on any atom is -0.493 e. The van der Waals surface area contributed by atoms with Crippen LogP contribution in [0.4, 0.5) is 0 Å². The Morgan fingerprint density at radius 1 is 0.905 bits per heavy atom. The van der Waals surface area contributed by atoms with Crippen molar-refractivity contribution < 1.29 is 4.74 Å². The highest BCUT2D eigenvalue weighted by Crippen LogP contribution is 2.21. The van der Waals surface area contributed by atoms with Crippen LogP contribution in [0.3, 0.4) is 0 Å². The number of aromatic nitrogens is 1. The summed E-state index contributed by atoms with van der Waals surface area (Å²) in [4.78, 5) is 4.64. The predicted molar refractivity (Wildman–Crippen MR) is 88.3 cm³/mol. The lowest BCUT2D eigenvalue weighted by Gasteiger charge is -2.06. The molecule has 0 aliphatic carbocycles. The van der Waals surface area contributed by atoms with Crippen molar-refractivity contribution in [2.24, 2.45) is 0 Å². The zero-order chi connectivity index (χ0) is 14.5. The maximum absolute atomic E-state index is 5.62. The van der Waals surface area contributed by atoms with Gasteiger partial charge in [0.25, 0.3) is 0 Å². The Morgan fingerprint density at radius 2 is 1.71 bits per heavy atom. The van der Waals surface area contributed by atoms with Gasteiger partial charge in [-0.2, -0.15) is 0 Å². The molecule has 0 fully saturated rings. The van der Waals surface area contributed by atoms with Crippen molar-refractivity contribution >= 4 is 23.1 Å². The van der Waals surface area contributed by atoms with Crippen LogP contribution in [0.15, 0.2) is 60.7 Å². The number of ether oxygens (including phenoxy) is 1. The lowest BCUT2D eigenvalue weighted by molar-refractivity contribution is 0.339. The molecule has 21 heavy (non-hydrogen) atoms. The molecule has 1 heterocycles. The van der Waals surface area contributed by atoms with Gasteiger partial charge >= 0.3 is 0 Å². The third-order valence-corrected chi connectivity index (χ3v) is 3.27. The summed E-state index contributed by atoms with van der Waals surface area (Å²) in [5.74, 6) is 0.900. The van der Waals surface area contributed by atoms with Gasteiger partial charge in [-0.1, -0.05) is 42.5 Å². The molecule has 2 aromatic carbocycles. The van der Waals surface area contributed by atoms with E-state index in [-0.39, 0.29) is 0 Å². The lowest BCUT2D eigenvalue weighted by atomic mass is 10.1. The van der Waals surface area contributed by atoms with Crippen LogP contribution < -0.4 is 4.74 Å². The normalized spacial score (nSPS) is 11.1. The van der Waals surface area contributed by atoms with Gasteiger partial charge in [-0.15, -0.1) is 0 Å². The average Bonchev–Trinajstić information content (AvgIpc) is 2.54. The fourth-order valence-corrected chi connectivity index (χ4v) is 2.25. The Balaban J connectivity index is 1.90. The van der Waals surface area contributed by atoms with Crippen LogP contribution in [0.1, 0.15) is 18.2 Å². The number of rotatable bonds is 4. The molecule has 0 N–H and O–H groups in total. The molecule has 0 unspecified atom stereocenters. The zero-order valence-electron chi connectivity index (χ0n) is 12.0. The third kappa shape index (κ3) is 3.11. The highest BCUT2D eigenvalue weighted by molar-refractivity contribution is 5.81. The number of benzene rings is 2. The molecule has 0 radical (unpaired) electrons. The molecule has 1 aromatic heterocycles. The van der Waals surface area contributed by atoms with E-state index < -0.39 is 0 Å². The summed E-state index contributed by atoms with van der Waals surface area (Å²) < 4.78 is 5.62. The van der Waals surface area contributed by atoms with Gasteiger partial charge in [0.1, 0.15) is 5.75 Å². The Kier molecular flexibility index (Phi) is 3.97. The molecule has 0 aliphatic heterocycles. The number of nitrogens with zero attached hydrogens (tertiary/aromatic N) is 1. The summed E-state index contributed by atoms with van der Waals surface area (Å²) in [6, 6.07) is 20.3. The number of hydrogen-bond donors (Lipinski definition) is 0. The van der Waals surface area contributed by atoms with Crippen LogP contribution in [0, 0.1) is 0 Å². The summed E-state index contributed by atoms with van der Waals surface area (Å²) in [6.45, 7) is 2.66. The van der Waals surface area contributed by atoms with E-state index in [0.29, 0.717) is 6.61 Å². The molecule has 0 aliphatic rings. The maximum Gasteiger partial charge on any atom is 0.126 e. The molecule has 3 rings (SSSR count). The Morgan fingerprint density at radius 3 is 2.62 bits per heavy atom. The van der Waals surface area contributed by atoms with Gasteiger partial charge in [-0.05, 0) is 37.3 Å². The molecule has 104 valence electrons. The Hall–Kier alpha value is -2.61. The molecule has 2 heteroatoms. The minimum atomic E-state index is 0.666. The Bertz CT molecular complexity index is 777. The maximum atomic E-state index is 5.62. The summed E-state index contributed by atoms with van der Waals surface area (Å²) in [6.07, 6.45) is 4.06. The molecular weight excluding hydrogens is 258 g/mol. The van der Waals surface area contributed by atoms with Crippen molar-refractivity contribution in [3.8, 4) is 5.75 Å². The Labute approximate surface area is 124 Å². The summed E-state index contributed by atoms with van der Waals surface area (Å²) in [5.41, 5.74) is 3.02. The van der Waals surface area contributed by atoms with Gasteiger partial charge in [0.15, 0.2) is 0 Å². The highest BCUT2D eigenvalue weighted by atomic mass is 16.5. The minimum absolute atomic E-state index is 0.666. The third-order valence-electron chi connectivity index (χ3n) is 3.27. The first-order chi connectivity index (χ1) is 10.4. The lowest BCUT2D eigenvalue weighted by Crippen LogP contribution is -1.93. The molecule has 2 nitrogen and oxygen atoms in total. The van der Waals surface area contributed by atoms with Crippen LogP contribution in [0.5, 0.6) is 5.75 Å². The van der Waals surface area contributed by atoms with E-state index in [1.807, 2.05) is 67.6 Å². The van der Waals surface area contributed by atoms with Crippen molar-refractivity contribution in [1.29, 1.82) is 0 Å². The first-order valence-electron chi connectivity index (χ1n) is 7.12. The van der Waals surface area contributed by atoms with E-state index in [1.165, 1.54) is 0 Å². The monoisotopic (exact) mass is 275 g/mol. The van der Waals surface area contributed by atoms with E-state index in [9.17, 15) is 0 Å². The van der Waals surface area contributed by atoms with Gasteiger partial charge < -0.3 is 4.74 Å². The number of hydrogen-bond acceptors (Lipinski definition) is 2. The predicted octanol–water partition coefficient (Wildman–Crippen LogP) is 4.80. The van der Waals surface area contributed by atoms with Crippen LogP contribution in [0.25, 0.3) is 23.1 Å². The first kappa shape index (κ1) is 13.4. The van der Waals surface area contributed by atoms with Crippen molar-refractivity contribution in [2.45, 2.75) is 6.92 Å². The van der Waals surface area contributed by atoms with Gasteiger partial charge in [-0.3, -0.25) is 0 Å². The average molecular weight is 275 g/mol. The fourth-order valence-electron chi connectivity index (χ4n) is 2.25. The van der Waals surface area contributed by atoms with Crippen molar-refractivity contribution in [2.75, 3.05) is 6.61 Å². The van der Waals surface area contributed by atoms with Crippen molar-refractivity contribution in [3.05, 3.63) is 71.9 Å². The highest BCUT2D eigenvalue weighted by Gasteiger charge is 1.99. The second-order valence-electron chi connectivity index (χ2n) is 4.73. The zero-order valence-corrected chi connectivity index (χ0v) is 12.0. The topological polar surface area (TPSA) is 22.1 Å². The molecule has 0 saturated carbocycles. The van der Waals surface area contributed by atoms with Crippen LogP contribution in [-0.4, -0.2) is 11.6 Å². The molecular formula is C19H17NO.